The average molecular weight is 237 g/mol. The van der Waals surface area contributed by atoms with Crippen LogP contribution >= 0.6 is 11.3 Å². The molecule has 4 nitrogen and oxygen atoms in total. The Morgan fingerprint density at radius 2 is 2.38 bits per heavy atom. The van der Waals surface area contributed by atoms with Gasteiger partial charge in [-0.15, -0.1) is 11.3 Å². The number of aliphatic hydroxyl groups excluding tert-OH is 1. The van der Waals surface area contributed by atoms with Crippen LogP contribution in [0.25, 0.3) is 10.2 Å². The van der Waals surface area contributed by atoms with E-state index in [1.807, 2.05) is 18.4 Å². The predicted molar refractivity (Wildman–Crippen MR) is 66.8 cm³/mol. The molecule has 5 heteroatoms. The lowest BCUT2D eigenvalue weighted by atomic mass is 10.2. The molecule has 0 saturated heterocycles. The number of nitrogens with zero attached hydrogens (tertiary/aromatic N) is 2. The molecule has 86 valence electrons. The Morgan fingerprint density at radius 1 is 1.50 bits per heavy atom. The largest absolute Gasteiger partial charge is 0.393 e. The van der Waals surface area contributed by atoms with Gasteiger partial charge in [-0.25, -0.2) is 9.97 Å². The zero-order valence-corrected chi connectivity index (χ0v) is 10.00. The molecule has 2 heterocycles. The number of aromatic nitrogens is 2. The van der Waals surface area contributed by atoms with Crippen LogP contribution in [-0.2, 0) is 0 Å². The lowest BCUT2D eigenvalue weighted by molar-refractivity contribution is 0.164. The SMILES string of the molecule is CCC(O)CCNc1ncnc2sccc12. The summed E-state index contributed by atoms with van der Waals surface area (Å²) < 4.78 is 0. The van der Waals surface area contributed by atoms with Crippen LogP contribution in [0.3, 0.4) is 0 Å². The van der Waals surface area contributed by atoms with Crippen molar-refractivity contribution in [2.45, 2.75) is 25.9 Å². The van der Waals surface area contributed by atoms with Crippen molar-refractivity contribution in [2.75, 3.05) is 11.9 Å². The van der Waals surface area contributed by atoms with E-state index in [9.17, 15) is 5.11 Å². The highest BCUT2D eigenvalue weighted by atomic mass is 32.1. The smallest absolute Gasteiger partial charge is 0.138 e. The lowest BCUT2D eigenvalue weighted by Crippen LogP contribution is -2.12. The van der Waals surface area contributed by atoms with E-state index in [4.69, 9.17) is 0 Å². The molecule has 0 aliphatic rings. The minimum absolute atomic E-state index is 0.229. The second-order valence-corrected chi connectivity index (χ2v) is 4.53. The van der Waals surface area contributed by atoms with E-state index >= 15 is 0 Å². The summed E-state index contributed by atoms with van der Waals surface area (Å²) in [6.45, 7) is 2.71. The van der Waals surface area contributed by atoms with E-state index in [0.29, 0.717) is 0 Å². The highest BCUT2D eigenvalue weighted by Crippen LogP contribution is 2.23. The maximum Gasteiger partial charge on any atom is 0.138 e. The van der Waals surface area contributed by atoms with Gasteiger partial charge < -0.3 is 10.4 Å². The van der Waals surface area contributed by atoms with Crippen molar-refractivity contribution in [1.29, 1.82) is 0 Å². The number of thiophene rings is 1. The molecule has 1 unspecified atom stereocenters. The van der Waals surface area contributed by atoms with E-state index in [2.05, 4.69) is 15.3 Å². The third-order valence-electron chi connectivity index (χ3n) is 2.50. The number of nitrogens with one attached hydrogen (secondary N) is 1. The first-order valence-electron chi connectivity index (χ1n) is 5.41. The molecule has 2 N–H and O–H groups in total. The summed E-state index contributed by atoms with van der Waals surface area (Å²) in [6, 6.07) is 2.01. The van der Waals surface area contributed by atoms with Crippen molar-refractivity contribution in [3.63, 3.8) is 0 Å². The third kappa shape index (κ3) is 2.48. The zero-order chi connectivity index (χ0) is 11.4. The molecule has 2 aromatic heterocycles. The highest BCUT2D eigenvalue weighted by Gasteiger charge is 2.05. The second-order valence-electron chi connectivity index (χ2n) is 3.64. The average Bonchev–Trinajstić information content (AvgIpc) is 2.77. The number of hydrogen-bond donors (Lipinski definition) is 2. The van der Waals surface area contributed by atoms with Crippen LogP contribution in [0, 0.1) is 0 Å². The molecule has 2 aromatic rings. The van der Waals surface area contributed by atoms with Crippen LogP contribution < -0.4 is 5.32 Å². The minimum Gasteiger partial charge on any atom is -0.393 e. The van der Waals surface area contributed by atoms with Crippen molar-refractivity contribution in [3.8, 4) is 0 Å². The molecular formula is C11H15N3OS. The number of aliphatic hydroxyl groups is 1. The van der Waals surface area contributed by atoms with Crippen molar-refractivity contribution in [3.05, 3.63) is 17.8 Å². The van der Waals surface area contributed by atoms with Crippen molar-refractivity contribution in [1.82, 2.24) is 9.97 Å². The molecule has 0 amide bonds. The lowest BCUT2D eigenvalue weighted by Gasteiger charge is -2.09. The Balaban J connectivity index is 2.01. The molecule has 0 aliphatic heterocycles. The number of hydrogen-bond acceptors (Lipinski definition) is 5. The van der Waals surface area contributed by atoms with Crippen molar-refractivity contribution in [2.24, 2.45) is 0 Å². The minimum atomic E-state index is -0.229. The van der Waals surface area contributed by atoms with Crippen LogP contribution in [0.5, 0.6) is 0 Å². The van der Waals surface area contributed by atoms with Crippen molar-refractivity contribution < 1.29 is 5.11 Å². The Labute approximate surface area is 98.4 Å². The quantitative estimate of drug-likeness (QED) is 0.837. The third-order valence-corrected chi connectivity index (χ3v) is 3.32. The summed E-state index contributed by atoms with van der Waals surface area (Å²) in [6.07, 6.45) is 2.87. The molecule has 0 saturated carbocycles. The first kappa shape index (κ1) is 11.3. The number of anilines is 1. The van der Waals surface area contributed by atoms with Gasteiger partial charge in [-0.3, -0.25) is 0 Å². The molecule has 0 radical (unpaired) electrons. The molecule has 0 aliphatic carbocycles. The van der Waals surface area contributed by atoms with Gasteiger partial charge in [-0.05, 0) is 24.3 Å². The Hall–Kier alpha value is -1.20. The first-order chi connectivity index (χ1) is 7.81. The molecule has 0 fully saturated rings. The van der Waals surface area contributed by atoms with E-state index in [1.165, 1.54) is 0 Å². The van der Waals surface area contributed by atoms with Crippen LogP contribution in [0.2, 0.25) is 0 Å². The summed E-state index contributed by atoms with van der Waals surface area (Å²) in [5, 5.41) is 15.7. The maximum atomic E-state index is 9.44. The molecule has 0 bridgehead atoms. The molecular weight excluding hydrogens is 222 g/mol. The Kier molecular flexibility index (Phi) is 3.69. The van der Waals surface area contributed by atoms with E-state index in [0.717, 1.165) is 35.4 Å². The molecule has 0 aromatic carbocycles. The summed E-state index contributed by atoms with van der Waals surface area (Å²) in [7, 11) is 0. The van der Waals surface area contributed by atoms with Gasteiger partial charge in [0, 0.05) is 6.54 Å². The van der Waals surface area contributed by atoms with Crippen LogP contribution in [-0.4, -0.2) is 27.7 Å². The highest BCUT2D eigenvalue weighted by molar-refractivity contribution is 7.16. The van der Waals surface area contributed by atoms with Crippen molar-refractivity contribution >= 4 is 27.4 Å². The van der Waals surface area contributed by atoms with Crippen LogP contribution in [0.4, 0.5) is 5.82 Å². The first-order valence-corrected chi connectivity index (χ1v) is 6.29. The molecule has 1 atom stereocenters. The second kappa shape index (κ2) is 5.23. The predicted octanol–water partition coefficient (Wildman–Crippen LogP) is 2.26. The van der Waals surface area contributed by atoms with E-state index in [1.54, 1.807) is 17.7 Å². The van der Waals surface area contributed by atoms with Gasteiger partial charge in [0.25, 0.3) is 0 Å². The number of rotatable bonds is 5. The van der Waals surface area contributed by atoms with Crippen LogP contribution in [0.15, 0.2) is 17.8 Å². The van der Waals surface area contributed by atoms with E-state index in [-0.39, 0.29) is 6.10 Å². The Bertz CT molecular complexity index is 457. The summed E-state index contributed by atoms with van der Waals surface area (Å²) >= 11 is 1.61. The monoisotopic (exact) mass is 237 g/mol. The summed E-state index contributed by atoms with van der Waals surface area (Å²) in [4.78, 5) is 9.38. The summed E-state index contributed by atoms with van der Waals surface area (Å²) in [5.41, 5.74) is 0. The summed E-state index contributed by atoms with van der Waals surface area (Å²) in [5.74, 6) is 0.856. The maximum absolute atomic E-state index is 9.44. The number of fused-ring (bicyclic) bond motifs is 1. The fourth-order valence-electron chi connectivity index (χ4n) is 1.49. The van der Waals surface area contributed by atoms with Gasteiger partial charge in [-0.1, -0.05) is 6.92 Å². The van der Waals surface area contributed by atoms with Gasteiger partial charge in [0.15, 0.2) is 0 Å². The topological polar surface area (TPSA) is 58.0 Å². The fraction of sp³-hybridized carbons (Fsp3) is 0.455. The van der Waals surface area contributed by atoms with Gasteiger partial charge in [-0.2, -0.15) is 0 Å². The van der Waals surface area contributed by atoms with Gasteiger partial charge in [0.05, 0.1) is 11.5 Å². The molecule has 2 rings (SSSR count). The van der Waals surface area contributed by atoms with Crippen LogP contribution in [0.1, 0.15) is 19.8 Å². The van der Waals surface area contributed by atoms with Gasteiger partial charge in [0.2, 0.25) is 0 Å². The molecule has 0 spiro atoms. The van der Waals surface area contributed by atoms with E-state index < -0.39 is 0 Å². The zero-order valence-electron chi connectivity index (χ0n) is 9.18. The standard InChI is InChI=1S/C11H15N3OS/c1-2-8(15)3-5-12-10-9-4-6-16-11(9)14-7-13-10/h4,6-8,15H,2-3,5H2,1H3,(H,12,13,14). The van der Waals surface area contributed by atoms with Gasteiger partial charge >= 0.3 is 0 Å². The normalized spacial score (nSPS) is 12.9. The van der Waals surface area contributed by atoms with Gasteiger partial charge in [0.1, 0.15) is 17.0 Å². The fourth-order valence-corrected chi connectivity index (χ4v) is 2.22. The molecule has 16 heavy (non-hydrogen) atoms. The Morgan fingerprint density at radius 3 is 3.19 bits per heavy atom.